The molecule has 0 heterocycles. The van der Waals surface area contributed by atoms with Gasteiger partial charge in [-0.25, -0.2) is 0 Å². The first-order valence-electron chi connectivity index (χ1n) is 33.8. The Labute approximate surface area is 479 Å². The van der Waals surface area contributed by atoms with Crippen LogP contribution in [0.25, 0.3) is 0 Å². The van der Waals surface area contributed by atoms with Crippen molar-refractivity contribution in [3.05, 3.63) is 60.8 Å². The molecule has 6 nitrogen and oxygen atoms in total. The van der Waals surface area contributed by atoms with Crippen LogP contribution in [0.2, 0.25) is 0 Å². The van der Waals surface area contributed by atoms with E-state index < -0.39 is 6.10 Å². The van der Waals surface area contributed by atoms with Crippen LogP contribution in [0.3, 0.4) is 0 Å². The third kappa shape index (κ3) is 63.8. The van der Waals surface area contributed by atoms with Crippen LogP contribution in [0, 0.1) is 0 Å². The van der Waals surface area contributed by atoms with E-state index in [1.54, 1.807) is 0 Å². The van der Waals surface area contributed by atoms with Gasteiger partial charge >= 0.3 is 17.9 Å². The number of carbonyl (C=O) groups is 3. The number of rotatable bonds is 62. The van der Waals surface area contributed by atoms with Crippen molar-refractivity contribution in [1.29, 1.82) is 0 Å². The lowest BCUT2D eigenvalue weighted by atomic mass is 10.0. The summed E-state index contributed by atoms with van der Waals surface area (Å²) in [4.78, 5) is 38.1. The molecule has 77 heavy (non-hydrogen) atoms. The molecule has 0 spiro atoms. The van der Waals surface area contributed by atoms with E-state index in [0.29, 0.717) is 19.3 Å². The first-order chi connectivity index (χ1) is 38.0. The van der Waals surface area contributed by atoms with E-state index in [4.69, 9.17) is 14.2 Å². The Bertz CT molecular complexity index is 1380. The summed E-state index contributed by atoms with van der Waals surface area (Å²) >= 11 is 0. The highest BCUT2D eigenvalue weighted by Gasteiger charge is 2.19. The fraction of sp³-hybridized carbons (Fsp3) is 0.817. The van der Waals surface area contributed by atoms with Crippen LogP contribution in [0.1, 0.15) is 355 Å². The molecule has 0 aliphatic carbocycles. The van der Waals surface area contributed by atoms with Gasteiger partial charge in [-0.05, 0) is 83.5 Å². The molecule has 0 aromatic rings. The van der Waals surface area contributed by atoms with Crippen molar-refractivity contribution in [1.82, 2.24) is 0 Å². The fourth-order valence-electron chi connectivity index (χ4n) is 9.96. The summed E-state index contributed by atoms with van der Waals surface area (Å²) in [5.41, 5.74) is 0. The lowest BCUT2D eigenvalue weighted by Crippen LogP contribution is -2.30. The average Bonchev–Trinajstić information content (AvgIpc) is 3.43. The fourth-order valence-corrected chi connectivity index (χ4v) is 9.96. The van der Waals surface area contributed by atoms with Crippen LogP contribution >= 0.6 is 0 Å². The number of ether oxygens (including phenoxy) is 3. The molecule has 0 N–H and O–H groups in total. The van der Waals surface area contributed by atoms with Gasteiger partial charge < -0.3 is 14.2 Å². The molecule has 0 rings (SSSR count). The van der Waals surface area contributed by atoms with Crippen molar-refractivity contribution in [3.8, 4) is 0 Å². The van der Waals surface area contributed by atoms with Crippen LogP contribution < -0.4 is 0 Å². The van der Waals surface area contributed by atoms with E-state index in [1.807, 2.05) is 0 Å². The summed E-state index contributed by atoms with van der Waals surface area (Å²) in [6, 6.07) is 0. The van der Waals surface area contributed by atoms with E-state index in [0.717, 1.165) is 83.5 Å². The molecule has 0 saturated carbocycles. The highest BCUT2D eigenvalue weighted by Crippen LogP contribution is 2.18. The summed E-state index contributed by atoms with van der Waals surface area (Å²) in [6.45, 7) is 6.52. The molecule has 0 saturated heterocycles. The molecular weight excluding hydrogens is 949 g/mol. The van der Waals surface area contributed by atoms with Crippen molar-refractivity contribution in [2.75, 3.05) is 13.2 Å². The zero-order valence-corrected chi connectivity index (χ0v) is 51.5. The van der Waals surface area contributed by atoms with E-state index >= 15 is 0 Å². The largest absolute Gasteiger partial charge is 0.462 e. The van der Waals surface area contributed by atoms with Gasteiger partial charge in [0.05, 0.1) is 0 Å². The van der Waals surface area contributed by atoms with Crippen LogP contribution in [0.4, 0.5) is 0 Å². The highest BCUT2D eigenvalue weighted by atomic mass is 16.6. The van der Waals surface area contributed by atoms with E-state index in [-0.39, 0.29) is 31.1 Å². The van der Waals surface area contributed by atoms with Gasteiger partial charge in [-0.3, -0.25) is 14.4 Å². The topological polar surface area (TPSA) is 78.9 Å². The van der Waals surface area contributed by atoms with Gasteiger partial charge in [-0.1, -0.05) is 313 Å². The Morgan fingerprint density at radius 3 is 0.805 bits per heavy atom. The van der Waals surface area contributed by atoms with Gasteiger partial charge in [0.25, 0.3) is 0 Å². The van der Waals surface area contributed by atoms with Crippen molar-refractivity contribution in [3.63, 3.8) is 0 Å². The Morgan fingerprint density at radius 2 is 0.506 bits per heavy atom. The number of carbonyl (C=O) groups excluding carboxylic acids is 3. The lowest BCUT2D eigenvalue weighted by molar-refractivity contribution is -0.167. The maximum atomic E-state index is 12.8. The van der Waals surface area contributed by atoms with E-state index in [9.17, 15) is 14.4 Å². The van der Waals surface area contributed by atoms with Crippen LogP contribution in [0.5, 0.6) is 0 Å². The minimum Gasteiger partial charge on any atom is -0.462 e. The van der Waals surface area contributed by atoms with Gasteiger partial charge in [-0.2, -0.15) is 0 Å². The summed E-state index contributed by atoms with van der Waals surface area (Å²) in [6.07, 6.45) is 84.3. The first kappa shape index (κ1) is 74.1. The second-order valence-electron chi connectivity index (χ2n) is 22.7. The van der Waals surface area contributed by atoms with Crippen LogP contribution in [0.15, 0.2) is 60.8 Å². The quantitative estimate of drug-likeness (QED) is 0.0261. The number of esters is 3. The Kier molecular flexibility index (Phi) is 63.2. The molecule has 1 atom stereocenters. The number of hydrogen-bond acceptors (Lipinski definition) is 6. The van der Waals surface area contributed by atoms with Crippen molar-refractivity contribution in [2.45, 2.75) is 361 Å². The molecule has 0 bridgehead atoms. The summed E-state index contributed by atoms with van der Waals surface area (Å²) < 4.78 is 16.8. The standard InChI is InChI=1S/C71H128O6/c1-4-7-10-13-16-18-20-22-24-26-27-28-29-30-31-32-33-34-35-36-37-38-39-40-41-42-43-45-46-48-50-52-55-58-61-64-70(73)76-67-68(66-75-69(72)63-60-57-54-15-12-9-6-3)77-71(74)65-62-59-56-53-51-49-47-44-25-23-21-19-17-14-11-8-5-2/h7,10,16,18,22-25,27-28,68H,4-6,8-9,11-15,17,19-21,26,29-67H2,1-3H3/b10-7-,18-16-,24-22-,25-23-,28-27-. The maximum Gasteiger partial charge on any atom is 0.306 e. The minimum atomic E-state index is -0.770. The van der Waals surface area contributed by atoms with Gasteiger partial charge in [-0.15, -0.1) is 0 Å². The molecule has 0 aromatic carbocycles. The Hall–Kier alpha value is -2.89. The molecule has 1 unspecified atom stereocenters. The second kappa shape index (κ2) is 65.6. The summed E-state index contributed by atoms with van der Waals surface area (Å²) in [5.74, 6) is -0.861. The van der Waals surface area contributed by atoms with Crippen LogP contribution in [-0.2, 0) is 28.6 Å². The van der Waals surface area contributed by atoms with E-state index in [1.165, 1.54) is 231 Å². The van der Waals surface area contributed by atoms with Crippen molar-refractivity contribution < 1.29 is 28.6 Å². The monoisotopic (exact) mass is 1080 g/mol. The van der Waals surface area contributed by atoms with Crippen LogP contribution in [-0.4, -0.2) is 37.2 Å². The first-order valence-corrected chi connectivity index (χ1v) is 33.8. The lowest BCUT2D eigenvalue weighted by Gasteiger charge is -2.18. The minimum absolute atomic E-state index is 0.0701. The second-order valence-corrected chi connectivity index (χ2v) is 22.7. The zero-order chi connectivity index (χ0) is 55.7. The molecule has 0 radical (unpaired) electrons. The van der Waals surface area contributed by atoms with Gasteiger partial charge in [0.2, 0.25) is 0 Å². The third-order valence-corrected chi connectivity index (χ3v) is 15.0. The maximum absolute atomic E-state index is 12.8. The summed E-state index contributed by atoms with van der Waals surface area (Å²) in [5, 5.41) is 0. The van der Waals surface area contributed by atoms with Gasteiger partial charge in [0.1, 0.15) is 13.2 Å². The van der Waals surface area contributed by atoms with Crippen molar-refractivity contribution >= 4 is 17.9 Å². The molecular formula is C71H128O6. The molecule has 0 amide bonds. The Morgan fingerprint density at radius 1 is 0.273 bits per heavy atom. The molecule has 0 aliphatic rings. The summed E-state index contributed by atoms with van der Waals surface area (Å²) in [7, 11) is 0. The Balaban J connectivity index is 3.95. The molecule has 448 valence electrons. The number of unbranched alkanes of at least 4 members (excludes halogenated alkanes) is 41. The highest BCUT2D eigenvalue weighted by molar-refractivity contribution is 5.71. The zero-order valence-electron chi connectivity index (χ0n) is 51.5. The molecule has 0 aliphatic heterocycles. The van der Waals surface area contributed by atoms with Gasteiger partial charge in [0, 0.05) is 19.3 Å². The SMILES string of the molecule is CC/C=C\C/C=C\C/C=C\C/C=C\CCCCCCCCCCCCCCCCCCCCCCCCC(=O)OCC(COC(=O)CCCCCCCCC)OC(=O)CCCCCCCCC/C=C\CCCCCCCC. The van der Waals surface area contributed by atoms with Gasteiger partial charge in [0.15, 0.2) is 6.10 Å². The number of hydrogen-bond donors (Lipinski definition) is 0. The smallest absolute Gasteiger partial charge is 0.306 e. The third-order valence-electron chi connectivity index (χ3n) is 15.0. The predicted octanol–water partition coefficient (Wildman–Crippen LogP) is 23.1. The molecule has 0 fully saturated rings. The molecule has 0 aromatic heterocycles. The average molecular weight is 1080 g/mol. The van der Waals surface area contributed by atoms with E-state index in [2.05, 4.69) is 81.5 Å². The van der Waals surface area contributed by atoms with Crippen molar-refractivity contribution in [2.24, 2.45) is 0 Å². The normalized spacial score (nSPS) is 12.4. The molecule has 6 heteroatoms. The predicted molar refractivity (Wildman–Crippen MR) is 335 cm³/mol. The number of allylic oxidation sites excluding steroid dienone is 10.